The van der Waals surface area contributed by atoms with E-state index < -0.39 is 0 Å². The fourth-order valence-electron chi connectivity index (χ4n) is 5.16. The maximum atomic E-state index is 14.5. The maximum absolute atomic E-state index is 14.5. The number of hydrogen-bond acceptors (Lipinski definition) is 3. The third-order valence-electron chi connectivity index (χ3n) is 7.14. The molecule has 4 nitrogen and oxygen atoms in total. The minimum Gasteiger partial charge on any atom is -0.323 e. The van der Waals surface area contributed by atoms with Crippen molar-refractivity contribution in [1.29, 1.82) is 0 Å². The van der Waals surface area contributed by atoms with Gasteiger partial charge in [0, 0.05) is 30.4 Å². The summed E-state index contributed by atoms with van der Waals surface area (Å²) in [6.45, 7) is 14.5. The molecule has 5 heteroatoms. The van der Waals surface area contributed by atoms with Gasteiger partial charge < -0.3 is 10.6 Å². The second-order valence-electron chi connectivity index (χ2n) is 9.53. The molecule has 0 saturated carbocycles. The van der Waals surface area contributed by atoms with E-state index in [1.807, 2.05) is 30.9 Å². The van der Waals surface area contributed by atoms with Crippen LogP contribution in [0.25, 0.3) is 0 Å². The van der Waals surface area contributed by atoms with Crippen LogP contribution >= 0.6 is 0 Å². The number of aliphatic imine (C=N–C) groups is 1. The molecule has 35 heavy (non-hydrogen) atoms. The van der Waals surface area contributed by atoms with Gasteiger partial charge in [-0.2, -0.15) is 0 Å². The number of benzene rings is 1. The van der Waals surface area contributed by atoms with Gasteiger partial charge in [0.1, 0.15) is 5.82 Å². The van der Waals surface area contributed by atoms with Crippen LogP contribution < -0.4 is 5.73 Å². The number of carbonyl (C=O) groups excluding carboxylic acids is 1. The van der Waals surface area contributed by atoms with Crippen molar-refractivity contribution in [2.75, 3.05) is 0 Å². The Morgan fingerprint density at radius 1 is 1.26 bits per heavy atom. The van der Waals surface area contributed by atoms with Crippen LogP contribution in [0.2, 0.25) is 0 Å². The molecular formula is C30H44FN3O. The van der Waals surface area contributed by atoms with Crippen molar-refractivity contribution in [1.82, 2.24) is 4.90 Å². The van der Waals surface area contributed by atoms with Gasteiger partial charge in [-0.25, -0.2) is 4.39 Å². The first-order valence-corrected chi connectivity index (χ1v) is 13.1. The molecule has 0 aromatic heterocycles. The molecule has 1 saturated heterocycles. The third-order valence-corrected chi connectivity index (χ3v) is 7.14. The van der Waals surface area contributed by atoms with Crippen molar-refractivity contribution in [2.45, 2.75) is 99.1 Å². The molecule has 0 radical (unpaired) electrons. The first-order chi connectivity index (χ1) is 16.7. The summed E-state index contributed by atoms with van der Waals surface area (Å²) < 4.78 is 14.5. The molecule has 0 aliphatic carbocycles. The van der Waals surface area contributed by atoms with Gasteiger partial charge in [-0.1, -0.05) is 50.6 Å². The Hall–Kier alpha value is -2.53. The number of amides is 1. The molecule has 3 atom stereocenters. The predicted molar refractivity (Wildman–Crippen MR) is 146 cm³/mol. The van der Waals surface area contributed by atoms with Crippen molar-refractivity contribution in [2.24, 2.45) is 16.6 Å². The van der Waals surface area contributed by atoms with Gasteiger partial charge in [0.25, 0.3) is 0 Å². The fraction of sp³-hybridized carbons (Fsp3) is 0.533. The van der Waals surface area contributed by atoms with Crippen LogP contribution in [0, 0.1) is 11.7 Å². The molecule has 1 aromatic carbocycles. The minimum absolute atomic E-state index is 0.109. The quantitative estimate of drug-likeness (QED) is 0.270. The topological polar surface area (TPSA) is 58.7 Å². The van der Waals surface area contributed by atoms with E-state index in [1.54, 1.807) is 12.3 Å². The zero-order chi connectivity index (χ0) is 26.1. The lowest BCUT2D eigenvalue weighted by Crippen LogP contribution is -2.37. The van der Waals surface area contributed by atoms with Gasteiger partial charge in [-0.3, -0.25) is 9.79 Å². The van der Waals surface area contributed by atoms with Crippen LogP contribution in [0.5, 0.6) is 0 Å². The number of rotatable bonds is 11. The molecule has 0 bridgehead atoms. The maximum Gasteiger partial charge on any atom is 0.227 e. The molecule has 192 valence electrons. The number of hydrogen-bond donors (Lipinski definition) is 1. The highest BCUT2D eigenvalue weighted by atomic mass is 19.1. The van der Waals surface area contributed by atoms with Gasteiger partial charge in [-0.15, -0.1) is 0 Å². The van der Waals surface area contributed by atoms with E-state index in [0.717, 1.165) is 48.2 Å². The van der Waals surface area contributed by atoms with Gasteiger partial charge in [0.05, 0.1) is 5.70 Å². The Balaban J connectivity index is 2.61. The van der Waals surface area contributed by atoms with Crippen LogP contribution in [-0.2, 0) is 11.2 Å². The standard InChI is InChI=1S/C30H44FN3O/c1-8-23(9-2)30(26(11-4)24(10-3)18-25-14-12-13-15-27(25)31)22(7)33-19-28(21(6)32)34-20(5)16-17-29(34)35/h8,12-15,19-21,24H,9-11,16-18,32H2,1-7H3/b23-8+,28-19+,30-26?,33-22?. The van der Waals surface area contributed by atoms with Crippen LogP contribution in [-0.4, -0.2) is 28.6 Å². The molecular weight excluding hydrogens is 437 g/mol. The summed E-state index contributed by atoms with van der Waals surface area (Å²) in [5.74, 6) is 0.164. The molecule has 1 aliphatic heterocycles. The summed E-state index contributed by atoms with van der Waals surface area (Å²) in [5, 5.41) is 0. The van der Waals surface area contributed by atoms with Crippen LogP contribution in [0.4, 0.5) is 4.39 Å². The summed E-state index contributed by atoms with van der Waals surface area (Å²) in [6, 6.07) is 6.89. The monoisotopic (exact) mass is 481 g/mol. The van der Waals surface area contributed by atoms with Gasteiger partial charge in [0.15, 0.2) is 0 Å². The lowest BCUT2D eigenvalue weighted by Gasteiger charge is -2.27. The molecule has 0 spiro atoms. The third kappa shape index (κ3) is 7.00. The van der Waals surface area contributed by atoms with Gasteiger partial charge in [0.2, 0.25) is 5.91 Å². The lowest BCUT2D eigenvalue weighted by molar-refractivity contribution is -0.127. The second-order valence-corrected chi connectivity index (χ2v) is 9.53. The number of likely N-dealkylation sites (tertiary alicyclic amines) is 1. The van der Waals surface area contributed by atoms with E-state index in [4.69, 9.17) is 10.7 Å². The van der Waals surface area contributed by atoms with E-state index in [2.05, 4.69) is 40.7 Å². The Labute approximate surface area is 211 Å². The highest BCUT2D eigenvalue weighted by Crippen LogP contribution is 2.32. The van der Waals surface area contributed by atoms with E-state index >= 15 is 0 Å². The zero-order valence-corrected chi connectivity index (χ0v) is 22.7. The molecule has 1 amide bonds. The van der Waals surface area contributed by atoms with Gasteiger partial charge >= 0.3 is 0 Å². The van der Waals surface area contributed by atoms with Crippen LogP contribution in [0.1, 0.15) is 86.1 Å². The van der Waals surface area contributed by atoms with E-state index in [9.17, 15) is 9.18 Å². The lowest BCUT2D eigenvalue weighted by atomic mass is 9.81. The largest absolute Gasteiger partial charge is 0.323 e. The van der Waals surface area contributed by atoms with Crippen molar-refractivity contribution >= 4 is 11.6 Å². The summed E-state index contributed by atoms with van der Waals surface area (Å²) >= 11 is 0. The van der Waals surface area contributed by atoms with Crippen molar-refractivity contribution in [3.05, 3.63) is 70.3 Å². The molecule has 1 aliphatic rings. The highest BCUT2D eigenvalue weighted by molar-refractivity contribution is 6.03. The number of carbonyl (C=O) groups is 1. The highest BCUT2D eigenvalue weighted by Gasteiger charge is 2.31. The average molecular weight is 482 g/mol. The van der Waals surface area contributed by atoms with E-state index in [0.29, 0.717) is 12.8 Å². The normalized spacial score (nSPS) is 20.3. The molecule has 1 aromatic rings. The smallest absolute Gasteiger partial charge is 0.227 e. The van der Waals surface area contributed by atoms with Gasteiger partial charge in [-0.05, 0) is 88.5 Å². The van der Waals surface area contributed by atoms with Crippen LogP contribution in [0.15, 0.2) is 64.0 Å². The van der Waals surface area contributed by atoms with Crippen molar-refractivity contribution in [3.63, 3.8) is 0 Å². The molecule has 1 fully saturated rings. The van der Waals surface area contributed by atoms with E-state index in [-0.39, 0.29) is 29.7 Å². The Morgan fingerprint density at radius 2 is 1.94 bits per heavy atom. The fourth-order valence-corrected chi connectivity index (χ4v) is 5.16. The summed E-state index contributed by atoms with van der Waals surface area (Å²) in [6.07, 6.45) is 8.63. The summed E-state index contributed by atoms with van der Waals surface area (Å²) in [7, 11) is 0. The number of nitrogens with two attached hydrogens (primary N) is 1. The molecule has 3 unspecified atom stereocenters. The minimum atomic E-state index is -0.300. The van der Waals surface area contributed by atoms with Crippen molar-refractivity contribution < 1.29 is 9.18 Å². The van der Waals surface area contributed by atoms with E-state index in [1.165, 1.54) is 17.2 Å². The molecule has 1 heterocycles. The molecule has 2 N–H and O–H groups in total. The number of allylic oxidation sites excluding steroid dienone is 4. The van der Waals surface area contributed by atoms with Crippen LogP contribution in [0.3, 0.4) is 0 Å². The first kappa shape index (κ1) is 28.7. The average Bonchev–Trinajstić information content (AvgIpc) is 3.17. The number of halogens is 1. The zero-order valence-electron chi connectivity index (χ0n) is 22.7. The Kier molecular flexibility index (Phi) is 11.1. The predicted octanol–water partition coefficient (Wildman–Crippen LogP) is 7.12. The summed E-state index contributed by atoms with van der Waals surface area (Å²) in [5.41, 5.74) is 12.4. The SMILES string of the molecule is C/C=C(\CC)C(C(C)=N/C=C(\C(C)N)N1C(=O)CCC1C)=C(CC)C(CC)Cc1ccccc1F. The first-order valence-electron chi connectivity index (χ1n) is 13.1. The Morgan fingerprint density at radius 3 is 2.43 bits per heavy atom. The summed E-state index contributed by atoms with van der Waals surface area (Å²) in [4.78, 5) is 19.2. The Bertz CT molecular complexity index is 1000. The molecule has 2 rings (SSSR count). The second kappa shape index (κ2) is 13.5. The van der Waals surface area contributed by atoms with Crippen molar-refractivity contribution in [3.8, 4) is 0 Å². The number of nitrogens with zero attached hydrogens (tertiary/aromatic N) is 2.